The van der Waals surface area contributed by atoms with Crippen molar-refractivity contribution in [2.75, 3.05) is 52.4 Å². The summed E-state index contributed by atoms with van der Waals surface area (Å²) in [7, 11) is 0. The molecule has 0 saturated heterocycles. The van der Waals surface area contributed by atoms with Crippen LogP contribution in [0, 0.1) is 0 Å². The van der Waals surface area contributed by atoms with Gasteiger partial charge in [0.15, 0.2) is 0 Å². The maximum atomic E-state index is 5.34. The molecular formula is C124H248N4PbS8-4. The fourth-order valence-electron chi connectivity index (χ4n) is 19.7. The van der Waals surface area contributed by atoms with Crippen LogP contribution in [0.1, 0.15) is 723 Å². The molecule has 0 N–H and O–H groups in total. The second kappa shape index (κ2) is 135. The van der Waals surface area contributed by atoms with Gasteiger partial charge in [0, 0.05) is 79.7 Å². The fraction of sp³-hybridized carbons (Fsp3) is 0.968. The minimum atomic E-state index is 0. The number of hydrogen-bond donors (Lipinski definition) is 0. The Hall–Kier alpha value is 1.36. The molecule has 13 heteroatoms. The summed E-state index contributed by atoms with van der Waals surface area (Å²) in [6, 6.07) is 0. The number of thiocarbonyl (C=S) groups is 4. The van der Waals surface area contributed by atoms with Gasteiger partial charge in [0.25, 0.3) is 0 Å². The average molecular weight is 2260 g/mol. The number of rotatable bonds is 112. The predicted molar refractivity (Wildman–Crippen MR) is 657 cm³/mol. The van der Waals surface area contributed by atoms with Gasteiger partial charge in [0.05, 0.1) is 0 Å². The molecule has 0 aromatic heterocycles. The summed E-state index contributed by atoms with van der Waals surface area (Å²) in [5.41, 5.74) is 0. The molecule has 0 bridgehead atoms. The molecule has 0 spiro atoms. The van der Waals surface area contributed by atoms with E-state index in [2.05, 4.69) is 75.0 Å². The Bertz CT molecular complexity index is 1780. The van der Waals surface area contributed by atoms with Gasteiger partial charge in [-0.3, -0.25) is 0 Å². The van der Waals surface area contributed by atoms with Crippen molar-refractivity contribution in [1.29, 1.82) is 0 Å². The van der Waals surface area contributed by atoms with Gasteiger partial charge in [0.2, 0.25) is 0 Å². The Kier molecular flexibility index (Phi) is 145. The normalized spacial score (nSPS) is 11.2. The molecule has 0 aromatic carbocycles. The maximum Gasteiger partial charge on any atom is 0.0162 e. The standard InChI is InChI=1S/4C31H63NS2.Pb/c4*1-3-5-7-9-11-13-15-17-19-21-23-25-27-29-32(31(33)34)30-28-26-24-22-20-18-16-14-12-10-8-6-4-2;/h4*3-30H2,1-2H3,(H,33,34);/p-4. The third-order valence-corrected chi connectivity index (χ3v) is 31.4. The summed E-state index contributed by atoms with van der Waals surface area (Å²) in [6.07, 6.45) is 146. The summed E-state index contributed by atoms with van der Waals surface area (Å²) in [6.45, 7) is 27.0. The molecule has 0 rings (SSSR count). The number of unbranched alkanes of at least 4 members (excludes halogenated alkanes) is 96. The minimum absolute atomic E-state index is 0. The van der Waals surface area contributed by atoms with Crippen molar-refractivity contribution in [1.82, 2.24) is 19.6 Å². The van der Waals surface area contributed by atoms with E-state index in [0.29, 0.717) is 17.3 Å². The molecule has 4 radical (unpaired) electrons. The molecule has 4 nitrogen and oxygen atoms in total. The molecule has 0 aliphatic rings. The Balaban J connectivity index is -0.000000564. The first-order valence-electron chi connectivity index (χ1n) is 62.7. The maximum absolute atomic E-state index is 5.34. The largest absolute Gasteiger partial charge is 0.411 e. The Morgan fingerprint density at radius 3 is 0.212 bits per heavy atom. The van der Waals surface area contributed by atoms with Crippen molar-refractivity contribution in [3.63, 3.8) is 0 Å². The summed E-state index contributed by atoms with van der Waals surface area (Å²) in [5, 5.41) is 0. The van der Waals surface area contributed by atoms with Crippen LogP contribution in [0.2, 0.25) is 0 Å². The van der Waals surface area contributed by atoms with E-state index in [1.54, 1.807) is 0 Å². The van der Waals surface area contributed by atoms with Gasteiger partial charge in [-0.15, -0.1) is 0 Å². The summed E-state index contributed by atoms with van der Waals surface area (Å²) in [4.78, 5) is 9.17. The van der Waals surface area contributed by atoms with Crippen LogP contribution in [0.3, 0.4) is 0 Å². The zero-order chi connectivity index (χ0) is 99.8. The van der Waals surface area contributed by atoms with Crippen LogP contribution in [-0.4, -0.2) is 117 Å². The SMILES string of the molecule is CCCCCCCCCCCCCCCN(CCCCCCCCCCCCCCC)C(=S)[S-].CCCCCCCCCCCCCCCN(CCCCCCCCCCCCCCC)C(=S)[S-].CCCCCCCCCCCCCCCN(CCCCCCCCCCCCCCC)C(=S)[S-].CCCCCCCCCCCCCCCN(CCCCCCCCCCCCCCC)C(=S)[S-].[Pb]. The zero-order valence-corrected chi connectivity index (χ0v) is 105. The summed E-state index contributed by atoms with van der Waals surface area (Å²) < 4.78 is 2.77. The molecule has 0 unspecified atom stereocenters. The van der Waals surface area contributed by atoms with Crippen LogP contribution in [-0.2, 0) is 50.5 Å². The Labute approximate surface area is 930 Å². The van der Waals surface area contributed by atoms with E-state index in [4.69, 9.17) is 99.4 Å². The van der Waals surface area contributed by atoms with Crippen molar-refractivity contribution >= 4 is 144 Å². The topological polar surface area (TPSA) is 13.0 Å². The van der Waals surface area contributed by atoms with E-state index in [0.717, 1.165) is 52.4 Å². The quantitative estimate of drug-likeness (QED) is 0.0249. The van der Waals surface area contributed by atoms with Gasteiger partial charge in [-0.1, -0.05) is 689 Å². The van der Waals surface area contributed by atoms with E-state index in [1.807, 2.05) is 0 Å². The van der Waals surface area contributed by atoms with Crippen LogP contribution in [0.25, 0.3) is 0 Å². The van der Waals surface area contributed by atoms with E-state index >= 15 is 0 Å². The van der Waals surface area contributed by atoms with Gasteiger partial charge in [-0.25, -0.2) is 0 Å². The van der Waals surface area contributed by atoms with E-state index < -0.39 is 0 Å². The number of hydrogen-bond acceptors (Lipinski definition) is 8. The Morgan fingerprint density at radius 2 is 0.161 bits per heavy atom. The molecule has 0 heterocycles. The Morgan fingerprint density at radius 1 is 0.109 bits per heavy atom. The van der Waals surface area contributed by atoms with Crippen LogP contribution in [0.5, 0.6) is 0 Å². The van der Waals surface area contributed by atoms with Crippen LogP contribution >= 0.6 is 48.9 Å². The molecule has 0 aliphatic carbocycles. The second-order valence-corrected chi connectivity index (χ2v) is 47.1. The second-order valence-electron chi connectivity index (χ2n) is 43.0. The smallest absolute Gasteiger partial charge is 0.0162 e. The van der Waals surface area contributed by atoms with Gasteiger partial charge in [-0.2, -0.15) is 0 Å². The van der Waals surface area contributed by atoms with Crippen molar-refractivity contribution in [2.24, 2.45) is 0 Å². The number of nitrogens with zero attached hydrogens (tertiary/aromatic N) is 4. The van der Waals surface area contributed by atoms with E-state index in [1.165, 1.54) is 668 Å². The first kappa shape index (κ1) is 147. The fourth-order valence-corrected chi connectivity index (χ4v) is 21.2. The van der Waals surface area contributed by atoms with Crippen LogP contribution in [0.15, 0.2) is 0 Å². The van der Waals surface area contributed by atoms with Crippen molar-refractivity contribution < 1.29 is 0 Å². The van der Waals surface area contributed by atoms with Gasteiger partial charge >= 0.3 is 0 Å². The molecule has 0 amide bonds. The molecule has 137 heavy (non-hydrogen) atoms. The van der Waals surface area contributed by atoms with E-state index in [9.17, 15) is 0 Å². The zero-order valence-electron chi connectivity index (χ0n) is 94.8. The third-order valence-electron chi connectivity index (χ3n) is 29.3. The van der Waals surface area contributed by atoms with Crippen molar-refractivity contribution in [2.45, 2.75) is 723 Å². The van der Waals surface area contributed by atoms with Crippen LogP contribution < -0.4 is 0 Å². The first-order valence-corrected chi connectivity index (χ1v) is 66.0. The molecular weight excluding hydrogens is 2010 g/mol. The van der Waals surface area contributed by atoms with Crippen molar-refractivity contribution in [3.8, 4) is 0 Å². The minimum Gasteiger partial charge on any atom is -0.411 e. The van der Waals surface area contributed by atoms with Gasteiger partial charge in [0.1, 0.15) is 0 Å². The molecule has 0 aliphatic heterocycles. The molecule has 0 saturated carbocycles. The van der Waals surface area contributed by atoms with Crippen molar-refractivity contribution in [3.05, 3.63) is 0 Å². The average Bonchev–Trinajstić information content (AvgIpc) is 0.980. The predicted octanol–water partition coefficient (Wildman–Crippen LogP) is 44.8. The summed E-state index contributed by atoms with van der Waals surface area (Å²) in [5.74, 6) is 0. The first-order chi connectivity index (χ1) is 66.9. The van der Waals surface area contributed by atoms with Gasteiger partial charge < -0.3 is 119 Å². The molecule has 0 fully saturated rings. The monoisotopic (exact) mass is 2260 g/mol. The molecule has 0 aromatic rings. The molecule has 0 atom stereocenters. The van der Waals surface area contributed by atoms with Crippen LogP contribution in [0.4, 0.5) is 0 Å². The third kappa shape index (κ3) is 133. The van der Waals surface area contributed by atoms with E-state index in [-0.39, 0.29) is 27.3 Å². The van der Waals surface area contributed by atoms with Gasteiger partial charge in [-0.05, 0) is 51.4 Å². The molecule has 820 valence electrons. The summed E-state index contributed by atoms with van der Waals surface area (Å²) >= 11 is 42.8.